The van der Waals surface area contributed by atoms with Crippen molar-refractivity contribution >= 4 is 34.8 Å². The first-order valence-electron chi connectivity index (χ1n) is 8.18. The molecule has 0 aromatic heterocycles. The predicted octanol–water partition coefficient (Wildman–Crippen LogP) is 2.00. The number of rotatable bonds is 6. The van der Waals surface area contributed by atoms with Crippen LogP contribution in [0.4, 0.5) is 10.1 Å². The Morgan fingerprint density at radius 2 is 1.96 bits per heavy atom. The van der Waals surface area contributed by atoms with Crippen molar-refractivity contribution in [3.05, 3.63) is 40.8 Å². The lowest BCUT2D eigenvalue weighted by Gasteiger charge is -2.21. The molecule has 0 spiro atoms. The van der Waals surface area contributed by atoms with Crippen molar-refractivity contribution in [2.45, 2.75) is 12.8 Å². The lowest BCUT2D eigenvalue weighted by molar-refractivity contribution is -0.131. The number of carbonyl (C=O) groups is 3. The summed E-state index contributed by atoms with van der Waals surface area (Å²) in [6.07, 6.45) is 1.22. The van der Waals surface area contributed by atoms with Gasteiger partial charge in [-0.15, -0.1) is 0 Å². The minimum atomic E-state index is -0.827. The molecule has 6 nitrogen and oxygen atoms in total. The summed E-state index contributed by atoms with van der Waals surface area (Å²) in [6, 6.07) is 3.78. The molecule has 1 amide bonds. The second kappa shape index (κ2) is 8.91. The Balaban J connectivity index is 1.98. The van der Waals surface area contributed by atoms with Gasteiger partial charge in [0.25, 0.3) is 0 Å². The molecule has 26 heavy (non-hydrogen) atoms. The smallest absolute Gasteiger partial charge is 0.228 e. The van der Waals surface area contributed by atoms with E-state index >= 15 is 0 Å². The van der Waals surface area contributed by atoms with Gasteiger partial charge in [-0.25, -0.2) is 4.39 Å². The second-order valence-corrected chi connectivity index (χ2v) is 6.82. The summed E-state index contributed by atoms with van der Waals surface area (Å²) in [5.41, 5.74) is -0.00386. The molecule has 140 valence electrons. The minimum absolute atomic E-state index is 0.0711. The average molecular weight is 382 g/mol. The molecule has 1 fully saturated rings. The van der Waals surface area contributed by atoms with E-state index in [4.69, 9.17) is 11.6 Å². The average Bonchev–Trinajstić information content (AvgIpc) is 2.56. The molecule has 0 unspecified atom stereocenters. The molecule has 0 saturated heterocycles. The van der Waals surface area contributed by atoms with Gasteiger partial charge in [0.05, 0.1) is 17.2 Å². The van der Waals surface area contributed by atoms with Gasteiger partial charge >= 0.3 is 0 Å². The molecular weight excluding hydrogens is 361 g/mol. The van der Waals surface area contributed by atoms with E-state index in [1.165, 1.54) is 18.3 Å². The topological polar surface area (TPSA) is 78.5 Å². The molecule has 1 saturated carbocycles. The molecule has 1 aromatic rings. The van der Waals surface area contributed by atoms with Crippen molar-refractivity contribution in [1.29, 1.82) is 0 Å². The summed E-state index contributed by atoms with van der Waals surface area (Å²) in [6.45, 7) is 1.34. The van der Waals surface area contributed by atoms with Crippen molar-refractivity contribution in [3.63, 3.8) is 0 Å². The molecule has 1 aromatic carbocycles. The summed E-state index contributed by atoms with van der Waals surface area (Å²) < 4.78 is 13.7. The summed E-state index contributed by atoms with van der Waals surface area (Å²) in [7, 11) is 3.83. The van der Waals surface area contributed by atoms with Crippen LogP contribution >= 0.6 is 11.6 Å². The number of benzene rings is 1. The number of hydrogen-bond donors (Lipinski definition) is 2. The Morgan fingerprint density at radius 1 is 1.31 bits per heavy atom. The zero-order valence-electron chi connectivity index (χ0n) is 14.6. The van der Waals surface area contributed by atoms with Crippen molar-refractivity contribution < 1.29 is 18.8 Å². The fraction of sp³-hybridized carbons (Fsp3) is 0.389. The monoisotopic (exact) mass is 381 g/mol. The van der Waals surface area contributed by atoms with Gasteiger partial charge in [-0.2, -0.15) is 0 Å². The zero-order valence-corrected chi connectivity index (χ0v) is 15.4. The van der Waals surface area contributed by atoms with Crippen LogP contribution in [0.5, 0.6) is 0 Å². The van der Waals surface area contributed by atoms with Crippen LogP contribution in [-0.2, 0) is 14.4 Å². The minimum Gasteiger partial charge on any atom is -0.389 e. The molecule has 0 radical (unpaired) electrons. The molecule has 0 heterocycles. The Bertz CT molecular complexity index is 729. The number of Topliss-reactive ketones (excluding diaryl/α,β-unsaturated/α-hetero) is 2. The van der Waals surface area contributed by atoms with Gasteiger partial charge in [0.2, 0.25) is 5.91 Å². The summed E-state index contributed by atoms with van der Waals surface area (Å²) in [5, 5.41) is 5.60. The third-order valence-corrected chi connectivity index (χ3v) is 4.21. The number of hydrogen-bond acceptors (Lipinski definition) is 5. The number of carbonyl (C=O) groups excluding carboxylic acids is 3. The van der Waals surface area contributed by atoms with Gasteiger partial charge in [0.15, 0.2) is 11.6 Å². The number of nitrogens with zero attached hydrogens (tertiary/aromatic N) is 1. The highest BCUT2D eigenvalue weighted by atomic mass is 35.5. The zero-order chi connectivity index (χ0) is 19.3. The van der Waals surface area contributed by atoms with E-state index in [0.29, 0.717) is 6.54 Å². The van der Waals surface area contributed by atoms with E-state index in [9.17, 15) is 18.8 Å². The van der Waals surface area contributed by atoms with E-state index in [0.717, 1.165) is 12.6 Å². The quantitative estimate of drug-likeness (QED) is 0.447. The fourth-order valence-corrected chi connectivity index (χ4v) is 2.70. The van der Waals surface area contributed by atoms with E-state index in [2.05, 4.69) is 10.6 Å². The van der Waals surface area contributed by atoms with Crippen LogP contribution in [0, 0.1) is 11.7 Å². The summed E-state index contributed by atoms with van der Waals surface area (Å²) in [4.78, 5) is 38.7. The number of halogens is 2. The molecule has 1 aliphatic carbocycles. The number of ketones is 2. The number of anilines is 1. The molecule has 2 rings (SSSR count). The molecule has 8 heteroatoms. The number of likely N-dealkylation sites (N-methyl/N-ethyl adjacent to an activating group) is 1. The first-order valence-corrected chi connectivity index (χ1v) is 8.56. The number of nitrogens with one attached hydrogen (secondary N) is 2. The van der Waals surface area contributed by atoms with Crippen molar-refractivity contribution in [3.8, 4) is 0 Å². The third-order valence-electron chi connectivity index (χ3n) is 3.97. The normalized spacial score (nSPS) is 17.4. The highest BCUT2D eigenvalue weighted by Crippen LogP contribution is 2.26. The van der Waals surface area contributed by atoms with E-state index in [-0.39, 0.29) is 29.1 Å². The highest BCUT2D eigenvalue weighted by molar-refractivity contribution is 6.31. The van der Waals surface area contributed by atoms with Crippen LogP contribution in [0.1, 0.15) is 12.8 Å². The van der Waals surface area contributed by atoms with E-state index < -0.39 is 29.2 Å². The SMILES string of the molecule is CN(C)CCNC=C1C(=O)CC(C(=O)Nc2cc(Cl)ccc2F)CC1=O. The first-order chi connectivity index (χ1) is 12.3. The van der Waals surface area contributed by atoms with Crippen molar-refractivity contribution in [2.75, 3.05) is 32.5 Å². The molecule has 0 atom stereocenters. The molecular formula is C18H21ClFN3O3. The Kier molecular flexibility index (Phi) is 6.88. The predicted molar refractivity (Wildman–Crippen MR) is 97.4 cm³/mol. The van der Waals surface area contributed by atoms with Gasteiger partial charge in [-0.1, -0.05) is 11.6 Å². The van der Waals surface area contributed by atoms with Crippen LogP contribution in [0.2, 0.25) is 5.02 Å². The van der Waals surface area contributed by atoms with Crippen molar-refractivity contribution in [1.82, 2.24) is 10.2 Å². The molecule has 0 aliphatic heterocycles. The number of amides is 1. The Labute approximate surface area is 156 Å². The summed E-state index contributed by atoms with van der Waals surface area (Å²) >= 11 is 5.79. The summed E-state index contributed by atoms with van der Waals surface area (Å²) in [5.74, 6) is -2.84. The maximum atomic E-state index is 13.7. The number of allylic oxidation sites excluding steroid dienone is 1. The van der Waals surface area contributed by atoms with Crippen LogP contribution in [-0.4, -0.2) is 49.6 Å². The van der Waals surface area contributed by atoms with Crippen molar-refractivity contribution in [2.24, 2.45) is 5.92 Å². The van der Waals surface area contributed by atoms with Crippen LogP contribution in [0.3, 0.4) is 0 Å². The lowest BCUT2D eigenvalue weighted by atomic mass is 9.83. The maximum absolute atomic E-state index is 13.7. The fourth-order valence-electron chi connectivity index (χ4n) is 2.53. The molecule has 1 aliphatic rings. The van der Waals surface area contributed by atoms with Gasteiger partial charge in [0, 0.05) is 37.2 Å². The van der Waals surface area contributed by atoms with Gasteiger partial charge < -0.3 is 15.5 Å². The van der Waals surface area contributed by atoms with Gasteiger partial charge in [0.1, 0.15) is 5.82 Å². The van der Waals surface area contributed by atoms with Crippen LogP contribution in [0.25, 0.3) is 0 Å². The van der Waals surface area contributed by atoms with Crippen LogP contribution < -0.4 is 10.6 Å². The molecule has 2 N–H and O–H groups in total. The molecule has 0 bridgehead atoms. The maximum Gasteiger partial charge on any atom is 0.228 e. The van der Waals surface area contributed by atoms with Crippen LogP contribution in [0.15, 0.2) is 30.0 Å². The van der Waals surface area contributed by atoms with E-state index in [1.807, 2.05) is 19.0 Å². The second-order valence-electron chi connectivity index (χ2n) is 6.38. The Hall–Kier alpha value is -2.25. The van der Waals surface area contributed by atoms with Gasteiger partial charge in [-0.05, 0) is 32.3 Å². The first kappa shape index (κ1) is 20.1. The van der Waals surface area contributed by atoms with E-state index in [1.54, 1.807) is 0 Å². The largest absolute Gasteiger partial charge is 0.389 e. The standard InChI is InChI=1S/C18H21ClFN3O3/c1-23(2)6-5-21-10-13-16(24)7-11(8-17(13)25)18(26)22-15-9-12(19)3-4-14(15)20/h3-4,9-11,21H,5-8H2,1-2H3,(H,22,26). The third kappa shape index (κ3) is 5.37. The highest BCUT2D eigenvalue weighted by Gasteiger charge is 2.34. The Morgan fingerprint density at radius 3 is 2.58 bits per heavy atom. The lowest BCUT2D eigenvalue weighted by Crippen LogP contribution is -2.35. The van der Waals surface area contributed by atoms with Gasteiger partial charge in [-0.3, -0.25) is 14.4 Å².